The van der Waals surface area contributed by atoms with Gasteiger partial charge in [0.05, 0.1) is 11.0 Å². The monoisotopic (exact) mass is 291 g/mol. The Labute approximate surface area is 128 Å². The lowest BCUT2D eigenvalue weighted by molar-refractivity contribution is -0.117. The number of aryl methyl sites for hydroxylation is 1. The summed E-state index contributed by atoms with van der Waals surface area (Å²) in [6.07, 6.45) is 0.508. The molecule has 1 amide bonds. The fraction of sp³-hybridized carbons (Fsp3) is 0.222. The molecular weight excluding hydrogens is 274 g/mol. The number of para-hydroxylation sites is 1. The maximum absolute atomic E-state index is 12.3. The smallest absolute Gasteiger partial charge is 0.227 e. The van der Waals surface area contributed by atoms with Gasteiger partial charge in [-0.3, -0.25) is 4.79 Å². The molecule has 1 atom stereocenters. The number of carbonyl (C=O) groups is 1. The highest BCUT2D eigenvalue weighted by molar-refractivity contribution is 5.96. The Morgan fingerprint density at radius 3 is 2.82 bits per heavy atom. The van der Waals surface area contributed by atoms with E-state index in [1.165, 1.54) is 5.56 Å². The van der Waals surface area contributed by atoms with Crippen molar-refractivity contribution in [3.05, 3.63) is 59.9 Å². The summed E-state index contributed by atoms with van der Waals surface area (Å²) in [5.41, 5.74) is 4.17. The van der Waals surface area contributed by atoms with Crippen LogP contribution in [0.1, 0.15) is 23.7 Å². The topological polar surface area (TPSA) is 49.0 Å². The molecule has 1 aliphatic rings. The number of nitrogens with zero attached hydrogens (tertiary/aromatic N) is 2. The lowest BCUT2D eigenvalue weighted by Gasteiger charge is -2.15. The zero-order valence-corrected chi connectivity index (χ0v) is 12.4. The first-order valence-electron chi connectivity index (χ1n) is 7.52. The molecule has 2 aromatic carbocycles. The molecule has 2 heterocycles. The number of nitrogens with one attached hydrogen (secondary N) is 1. The van der Waals surface area contributed by atoms with Crippen LogP contribution >= 0.6 is 0 Å². The second kappa shape index (κ2) is 4.98. The quantitative estimate of drug-likeness (QED) is 0.786. The lowest BCUT2D eigenvalue weighted by atomic mass is 10.1. The fourth-order valence-corrected chi connectivity index (χ4v) is 3.08. The van der Waals surface area contributed by atoms with Gasteiger partial charge in [0.1, 0.15) is 5.82 Å². The van der Waals surface area contributed by atoms with Crippen LogP contribution in [0.4, 0.5) is 5.69 Å². The molecule has 1 aliphatic heterocycles. The van der Waals surface area contributed by atoms with Gasteiger partial charge in [0.15, 0.2) is 0 Å². The molecule has 1 N–H and O–H groups in total. The molecule has 0 spiro atoms. The lowest BCUT2D eigenvalue weighted by Crippen LogP contribution is -2.24. The van der Waals surface area contributed by atoms with Gasteiger partial charge in [-0.1, -0.05) is 24.3 Å². The summed E-state index contributed by atoms with van der Waals surface area (Å²) in [5, 5.41) is 0. The van der Waals surface area contributed by atoms with Gasteiger partial charge in [-0.15, -0.1) is 0 Å². The predicted molar refractivity (Wildman–Crippen MR) is 87.0 cm³/mol. The van der Waals surface area contributed by atoms with E-state index >= 15 is 0 Å². The molecule has 4 heteroatoms. The van der Waals surface area contributed by atoms with E-state index in [1.54, 1.807) is 0 Å². The summed E-state index contributed by atoms with van der Waals surface area (Å²) in [5.74, 6) is 1.20. The van der Waals surface area contributed by atoms with Gasteiger partial charge in [-0.25, -0.2) is 4.98 Å². The summed E-state index contributed by atoms with van der Waals surface area (Å²) in [6, 6.07) is 16.0. The molecule has 1 fully saturated rings. The first-order chi connectivity index (χ1) is 10.7. The zero-order valence-electron chi connectivity index (χ0n) is 12.4. The minimum atomic E-state index is 0.125. The molecular formula is C18H17N3O. The Balaban J connectivity index is 1.64. The average Bonchev–Trinajstić information content (AvgIpc) is 3.11. The van der Waals surface area contributed by atoms with Crippen molar-refractivity contribution in [1.29, 1.82) is 0 Å². The molecule has 0 saturated carbocycles. The number of aromatic nitrogens is 2. The van der Waals surface area contributed by atoms with E-state index in [-0.39, 0.29) is 11.8 Å². The Morgan fingerprint density at radius 1 is 1.18 bits per heavy atom. The van der Waals surface area contributed by atoms with Crippen molar-refractivity contribution in [3.63, 3.8) is 0 Å². The number of hydrogen-bond donors (Lipinski definition) is 1. The van der Waals surface area contributed by atoms with Crippen molar-refractivity contribution in [3.8, 4) is 0 Å². The Kier molecular flexibility index (Phi) is 2.96. The van der Waals surface area contributed by atoms with Crippen molar-refractivity contribution < 1.29 is 4.79 Å². The van der Waals surface area contributed by atoms with Crippen LogP contribution in [0.15, 0.2) is 48.5 Å². The third kappa shape index (κ3) is 2.17. The minimum Gasteiger partial charge on any atom is -0.342 e. The number of imidazole rings is 1. The Morgan fingerprint density at radius 2 is 2.00 bits per heavy atom. The van der Waals surface area contributed by atoms with Crippen LogP contribution in [-0.2, 0) is 4.79 Å². The van der Waals surface area contributed by atoms with Gasteiger partial charge < -0.3 is 9.88 Å². The molecule has 0 unspecified atom stereocenters. The summed E-state index contributed by atoms with van der Waals surface area (Å²) >= 11 is 0. The van der Waals surface area contributed by atoms with Gasteiger partial charge in [-0.2, -0.15) is 0 Å². The molecule has 4 nitrogen and oxygen atoms in total. The van der Waals surface area contributed by atoms with E-state index < -0.39 is 0 Å². The number of carbonyl (C=O) groups excluding carboxylic acids is 1. The zero-order chi connectivity index (χ0) is 15.1. The van der Waals surface area contributed by atoms with Gasteiger partial charge in [-0.05, 0) is 36.8 Å². The van der Waals surface area contributed by atoms with E-state index in [1.807, 2.05) is 41.3 Å². The molecule has 0 radical (unpaired) electrons. The number of rotatable bonds is 2. The van der Waals surface area contributed by atoms with Crippen molar-refractivity contribution >= 4 is 22.6 Å². The predicted octanol–water partition coefficient (Wildman–Crippen LogP) is 3.39. The van der Waals surface area contributed by atoms with E-state index in [2.05, 4.69) is 29.0 Å². The summed E-state index contributed by atoms with van der Waals surface area (Å²) in [4.78, 5) is 22.2. The molecule has 3 aromatic rings. The number of H-pyrrole nitrogens is 1. The van der Waals surface area contributed by atoms with Crippen molar-refractivity contribution in [2.75, 3.05) is 11.4 Å². The normalized spacial score (nSPS) is 18.3. The summed E-state index contributed by atoms with van der Waals surface area (Å²) < 4.78 is 0. The highest BCUT2D eigenvalue weighted by Gasteiger charge is 2.33. The van der Waals surface area contributed by atoms with E-state index in [4.69, 9.17) is 0 Å². The fourth-order valence-electron chi connectivity index (χ4n) is 3.08. The van der Waals surface area contributed by atoms with Crippen LogP contribution < -0.4 is 4.90 Å². The van der Waals surface area contributed by atoms with Crippen LogP contribution in [0.5, 0.6) is 0 Å². The van der Waals surface area contributed by atoms with Gasteiger partial charge in [0.25, 0.3) is 0 Å². The molecule has 22 heavy (non-hydrogen) atoms. The minimum absolute atomic E-state index is 0.125. The van der Waals surface area contributed by atoms with Crippen LogP contribution in [0.2, 0.25) is 0 Å². The van der Waals surface area contributed by atoms with E-state index in [9.17, 15) is 4.79 Å². The van der Waals surface area contributed by atoms with Crippen LogP contribution in [0.3, 0.4) is 0 Å². The van der Waals surface area contributed by atoms with Gasteiger partial charge >= 0.3 is 0 Å². The summed E-state index contributed by atoms with van der Waals surface area (Å²) in [6.45, 7) is 2.75. The Hall–Kier alpha value is -2.62. The molecule has 0 bridgehead atoms. The largest absolute Gasteiger partial charge is 0.342 e. The van der Waals surface area contributed by atoms with E-state index in [0.29, 0.717) is 13.0 Å². The number of hydrogen-bond acceptors (Lipinski definition) is 2. The summed E-state index contributed by atoms with van der Waals surface area (Å²) in [7, 11) is 0. The Bertz CT molecular complexity index is 838. The first-order valence-corrected chi connectivity index (χ1v) is 7.52. The van der Waals surface area contributed by atoms with Crippen LogP contribution in [0.25, 0.3) is 11.0 Å². The maximum atomic E-state index is 12.3. The van der Waals surface area contributed by atoms with Crippen LogP contribution in [0, 0.1) is 6.92 Å². The van der Waals surface area contributed by atoms with Gasteiger partial charge in [0.2, 0.25) is 5.91 Å². The first kappa shape index (κ1) is 13.1. The highest BCUT2D eigenvalue weighted by Crippen LogP contribution is 2.31. The number of amides is 1. The van der Waals surface area contributed by atoms with E-state index in [0.717, 1.165) is 22.5 Å². The third-order valence-electron chi connectivity index (χ3n) is 4.24. The molecule has 0 aliphatic carbocycles. The van der Waals surface area contributed by atoms with Crippen molar-refractivity contribution in [1.82, 2.24) is 9.97 Å². The molecule has 1 saturated heterocycles. The van der Waals surface area contributed by atoms with Crippen molar-refractivity contribution in [2.45, 2.75) is 19.3 Å². The number of benzene rings is 2. The number of fused-ring (bicyclic) bond motifs is 1. The standard InChI is InChI=1S/C18H17N3O/c1-12-7-8-15-16(9-12)20-18(19-15)13-10-17(22)21(11-13)14-5-3-2-4-6-14/h2-9,13H,10-11H2,1H3,(H,19,20)/t13-/m0/s1. The maximum Gasteiger partial charge on any atom is 0.227 e. The SMILES string of the molecule is Cc1ccc2nc([C@H]3CC(=O)N(c4ccccc4)C3)[nH]c2c1. The number of aromatic amines is 1. The van der Waals surface area contributed by atoms with Gasteiger partial charge in [0, 0.05) is 24.6 Å². The second-order valence-electron chi connectivity index (χ2n) is 5.88. The third-order valence-corrected chi connectivity index (χ3v) is 4.24. The second-order valence-corrected chi connectivity index (χ2v) is 5.88. The number of anilines is 1. The molecule has 110 valence electrons. The average molecular weight is 291 g/mol. The highest BCUT2D eigenvalue weighted by atomic mass is 16.2. The molecule has 1 aromatic heterocycles. The van der Waals surface area contributed by atoms with Crippen LogP contribution in [-0.4, -0.2) is 22.4 Å². The molecule has 4 rings (SSSR count). The van der Waals surface area contributed by atoms with Crippen molar-refractivity contribution in [2.24, 2.45) is 0 Å².